The maximum atomic E-state index is 11.1. The van der Waals surface area contributed by atoms with Gasteiger partial charge in [-0.2, -0.15) is 8.42 Å². The van der Waals surface area contributed by atoms with Crippen molar-refractivity contribution >= 4 is 77.9 Å². The van der Waals surface area contributed by atoms with E-state index in [0.29, 0.717) is 5.56 Å². The summed E-state index contributed by atoms with van der Waals surface area (Å²) in [7, 11) is -4.11. The minimum Gasteiger partial charge on any atom is -0.284 e. The lowest BCUT2D eigenvalue weighted by molar-refractivity contribution is 0.481. The molecule has 0 saturated heterocycles. The van der Waals surface area contributed by atoms with Gasteiger partial charge >= 0.3 is 0 Å². The minimum absolute atomic E-state index is 0.587. The van der Waals surface area contributed by atoms with Crippen LogP contribution in [0.25, 0.3) is 0 Å². The summed E-state index contributed by atoms with van der Waals surface area (Å²) < 4.78 is 30.9. The lowest BCUT2D eigenvalue weighted by atomic mass is 10.2. The van der Waals surface area contributed by atoms with Crippen molar-refractivity contribution in [1.82, 2.24) is 0 Å². The van der Waals surface area contributed by atoms with E-state index in [4.69, 9.17) is 4.55 Å². The Balaban J connectivity index is 3.38. The van der Waals surface area contributed by atoms with E-state index < -0.39 is 10.9 Å². The smallest absolute Gasteiger partial charge is 0.284 e. The second-order valence-corrected chi connectivity index (χ2v) is 12.0. The molecule has 0 atom stereocenters. The maximum absolute atomic E-state index is 11.1. The summed E-state index contributed by atoms with van der Waals surface area (Å²) in [5, 5.41) is 0. The summed E-state index contributed by atoms with van der Waals surface area (Å²) >= 11 is 5.48. The molecule has 0 aliphatic carbocycles. The molecule has 0 unspecified atom stereocenters. The third-order valence-corrected chi connectivity index (χ3v) is 7.82. The van der Waals surface area contributed by atoms with Crippen molar-refractivity contribution in [3.63, 3.8) is 0 Å². The SMILES string of the molecule is O=S(=O)(O)C(I)(I)c1ccccc1I. The van der Waals surface area contributed by atoms with E-state index in [0.717, 1.165) is 3.57 Å². The highest BCUT2D eigenvalue weighted by atomic mass is 127. The summed E-state index contributed by atoms with van der Waals surface area (Å²) in [6.07, 6.45) is 0. The summed E-state index contributed by atoms with van der Waals surface area (Å²) in [5.41, 5.74) is 0.587. The lowest BCUT2D eigenvalue weighted by Crippen LogP contribution is -2.22. The van der Waals surface area contributed by atoms with E-state index >= 15 is 0 Å². The van der Waals surface area contributed by atoms with E-state index in [9.17, 15) is 8.42 Å². The Morgan fingerprint density at radius 3 is 2.14 bits per heavy atom. The van der Waals surface area contributed by atoms with E-state index in [1.165, 1.54) is 0 Å². The van der Waals surface area contributed by atoms with Gasteiger partial charge in [0.15, 0.2) is 0 Å². The molecule has 0 fully saturated rings. The second-order valence-electron chi connectivity index (χ2n) is 2.47. The topological polar surface area (TPSA) is 54.4 Å². The number of hydrogen-bond donors (Lipinski definition) is 1. The van der Waals surface area contributed by atoms with Gasteiger partial charge in [0.1, 0.15) is 0 Å². The van der Waals surface area contributed by atoms with E-state index in [1.54, 1.807) is 63.4 Å². The van der Waals surface area contributed by atoms with E-state index in [1.807, 2.05) is 28.7 Å². The molecule has 78 valence electrons. The molecule has 1 rings (SSSR count). The predicted molar refractivity (Wildman–Crippen MR) is 80.4 cm³/mol. The van der Waals surface area contributed by atoms with Gasteiger partial charge < -0.3 is 0 Å². The van der Waals surface area contributed by atoms with Crippen LogP contribution >= 0.6 is 67.8 Å². The molecule has 0 aliphatic heterocycles. The van der Waals surface area contributed by atoms with Crippen LogP contribution < -0.4 is 0 Å². The van der Waals surface area contributed by atoms with Gasteiger partial charge in [-0.3, -0.25) is 4.55 Å². The zero-order valence-electron chi connectivity index (χ0n) is 6.62. The Bertz CT molecular complexity index is 441. The standard InChI is InChI=1S/C7H5I3O3S/c8-6-4-2-1-3-5(6)7(9,10)14(11,12)13/h1-4H,(H,11,12,13). The van der Waals surface area contributed by atoms with Crippen LogP contribution in [-0.4, -0.2) is 13.0 Å². The van der Waals surface area contributed by atoms with Crippen molar-refractivity contribution in [1.29, 1.82) is 0 Å². The largest absolute Gasteiger partial charge is 0.293 e. The summed E-state index contributed by atoms with van der Waals surface area (Å²) in [5.74, 6) is 0. The van der Waals surface area contributed by atoms with Gasteiger partial charge in [-0.1, -0.05) is 18.2 Å². The average molecular weight is 550 g/mol. The first kappa shape index (κ1) is 13.4. The van der Waals surface area contributed by atoms with Gasteiger partial charge in [-0.15, -0.1) is 0 Å². The lowest BCUT2D eigenvalue weighted by Gasteiger charge is -2.18. The molecular weight excluding hydrogens is 545 g/mol. The van der Waals surface area contributed by atoms with Crippen LogP contribution in [0.5, 0.6) is 0 Å². The van der Waals surface area contributed by atoms with E-state index in [-0.39, 0.29) is 0 Å². The number of hydrogen-bond acceptors (Lipinski definition) is 2. The van der Waals surface area contributed by atoms with Crippen molar-refractivity contribution in [3.05, 3.63) is 33.4 Å². The zero-order valence-corrected chi connectivity index (χ0v) is 13.9. The monoisotopic (exact) mass is 550 g/mol. The maximum Gasteiger partial charge on any atom is 0.293 e. The first-order chi connectivity index (χ1) is 6.27. The van der Waals surface area contributed by atoms with Crippen LogP contribution in [0.1, 0.15) is 5.56 Å². The highest BCUT2D eigenvalue weighted by Gasteiger charge is 2.40. The van der Waals surface area contributed by atoms with Crippen LogP contribution in [0.3, 0.4) is 0 Å². The molecule has 0 radical (unpaired) electrons. The molecule has 1 N–H and O–H groups in total. The van der Waals surface area contributed by atoms with Crippen LogP contribution in [-0.2, 0) is 10.9 Å². The first-order valence-corrected chi connectivity index (χ1v) is 8.04. The molecule has 0 amide bonds. The van der Waals surface area contributed by atoms with Crippen molar-refractivity contribution < 1.29 is 13.0 Å². The average Bonchev–Trinajstić information content (AvgIpc) is 2.02. The highest BCUT2D eigenvalue weighted by molar-refractivity contribution is 14.2. The first-order valence-electron chi connectivity index (χ1n) is 3.36. The summed E-state index contributed by atoms with van der Waals surface area (Å²) in [4.78, 5) is 0. The molecule has 0 spiro atoms. The van der Waals surface area contributed by atoms with Crippen LogP contribution in [0, 0.1) is 3.57 Å². The van der Waals surface area contributed by atoms with Gasteiger partial charge in [0.2, 0.25) is 0.760 Å². The van der Waals surface area contributed by atoms with Crippen LogP contribution in [0.15, 0.2) is 24.3 Å². The summed E-state index contributed by atoms with van der Waals surface area (Å²) in [6, 6.07) is 7.05. The van der Waals surface area contributed by atoms with Crippen molar-refractivity contribution in [3.8, 4) is 0 Å². The molecule has 1 aromatic rings. The molecule has 7 heteroatoms. The fraction of sp³-hybridized carbons (Fsp3) is 0.143. The molecule has 0 aliphatic rings. The number of halogens is 3. The Kier molecular flexibility index (Phi) is 4.47. The zero-order chi connectivity index (χ0) is 11.0. The second kappa shape index (κ2) is 4.67. The minimum atomic E-state index is -4.11. The Morgan fingerprint density at radius 2 is 1.71 bits per heavy atom. The van der Waals surface area contributed by atoms with Gasteiger partial charge in [0.25, 0.3) is 10.1 Å². The molecule has 0 heterocycles. The molecule has 0 aromatic heterocycles. The van der Waals surface area contributed by atoms with Crippen LogP contribution in [0.2, 0.25) is 0 Å². The number of benzene rings is 1. The molecular formula is C7H5I3O3S. The fourth-order valence-corrected chi connectivity index (χ4v) is 4.24. The van der Waals surface area contributed by atoms with Crippen LogP contribution in [0.4, 0.5) is 0 Å². The highest BCUT2D eigenvalue weighted by Crippen LogP contribution is 2.45. The Hall–Kier alpha value is 1.32. The number of alkyl halides is 2. The van der Waals surface area contributed by atoms with Gasteiger partial charge in [-0.25, -0.2) is 0 Å². The molecule has 0 bridgehead atoms. The fourth-order valence-electron chi connectivity index (χ4n) is 0.836. The normalized spacial score (nSPS) is 12.9. The Labute approximate surface area is 123 Å². The molecule has 3 nitrogen and oxygen atoms in total. The van der Waals surface area contributed by atoms with Crippen molar-refractivity contribution in [2.75, 3.05) is 0 Å². The van der Waals surface area contributed by atoms with Gasteiger partial charge in [0.05, 0.1) is 0 Å². The van der Waals surface area contributed by atoms with Gasteiger partial charge in [0, 0.05) is 9.13 Å². The predicted octanol–water partition coefficient (Wildman–Crippen LogP) is 3.16. The molecule has 1 aromatic carbocycles. The third-order valence-electron chi connectivity index (χ3n) is 1.51. The molecule has 14 heavy (non-hydrogen) atoms. The Morgan fingerprint density at radius 1 is 1.21 bits per heavy atom. The number of rotatable bonds is 2. The van der Waals surface area contributed by atoms with E-state index in [2.05, 4.69) is 0 Å². The van der Waals surface area contributed by atoms with Gasteiger partial charge in [-0.05, 0) is 73.8 Å². The van der Waals surface area contributed by atoms with Crippen molar-refractivity contribution in [2.24, 2.45) is 0 Å². The summed E-state index contributed by atoms with van der Waals surface area (Å²) in [6.45, 7) is 0. The third kappa shape index (κ3) is 2.71. The molecule has 0 saturated carbocycles. The quantitative estimate of drug-likeness (QED) is 0.350. The van der Waals surface area contributed by atoms with Crippen molar-refractivity contribution in [2.45, 2.75) is 0.760 Å².